The summed E-state index contributed by atoms with van der Waals surface area (Å²) >= 11 is 0. The average Bonchev–Trinajstić information content (AvgIpc) is 2.35. The van der Waals surface area contributed by atoms with Crippen molar-refractivity contribution in [2.45, 2.75) is 38.8 Å². The molecule has 0 radical (unpaired) electrons. The van der Waals surface area contributed by atoms with Gasteiger partial charge in [-0.15, -0.1) is 0 Å². The maximum atomic E-state index is 11.8. The number of amides is 2. The van der Waals surface area contributed by atoms with Gasteiger partial charge in [-0.2, -0.15) is 0 Å². The largest absolute Gasteiger partial charge is 0.388 e. The topological polar surface area (TPSA) is 78.4 Å². The number of nitrogens with one attached hydrogen (secondary N) is 2. The molecule has 20 heavy (non-hydrogen) atoms. The lowest BCUT2D eigenvalue weighted by Crippen LogP contribution is -2.59. The summed E-state index contributed by atoms with van der Waals surface area (Å²) in [5.74, 6) is -0.650. The van der Waals surface area contributed by atoms with Crippen LogP contribution in [0, 0.1) is 0 Å². The molecular formula is C15H22N2O3. The maximum absolute atomic E-state index is 11.8. The minimum atomic E-state index is -1.06. The van der Waals surface area contributed by atoms with Gasteiger partial charge in [-0.25, -0.2) is 0 Å². The van der Waals surface area contributed by atoms with E-state index in [0.29, 0.717) is 5.56 Å². The van der Waals surface area contributed by atoms with Gasteiger partial charge in [0.25, 0.3) is 5.91 Å². The van der Waals surface area contributed by atoms with E-state index in [0.717, 1.165) is 0 Å². The lowest BCUT2D eigenvalue weighted by atomic mass is 9.86. The van der Waals surface area contributed by atoms with E-state index in [4.69, 9.17) is 0 Å². The van der Waals surface area contributed by atoms with Gasteiger partial charge >= 0.3 is 0 Å². The molecule has 3 N–H and O–H groups in total. The van der Waals surface area contributed by atoms with Crippen molar-refractivity contribution in [3.05, 3.63) is 35.9 Å². The first-order chi connectivity index (χ1) is 9.13. The van der Waals surface area contributed by atoms with Gasteiger partial charge in [-0.05, 0) is 39.8 Å². The van der Waals surface area contributed by atoms with Crippen LogP contribution >= 0.6 is 0 Å². The Morgan fingerprint density at radius 2 is 1.65 bits per heavy atom. The monoisotopic (exact) mass is 278 g/mol. The Labute approximate surface area is 119 Å². The highest BCUT2D eigenvalue weighted by Crippen LogP contribution is 2.20. The zero-order chi connectivity index (χ0) is 15.4. The van der Waals surface area contributed by atoms with Crippen LogP contribution in [0.1, 0.15) is 38.1 Å². The van der Waals surface area contributed by atoms with Gasteiger partial charge in [-0.1, -0.05) is 18.2 Å². The Kier molecular flexibility index (Phi) is 4.89. The highest BCUT2D eigenvalue weighted by atomic mass is 16.3. The van der Waals surface area contributed by atoms with Crippen molar-refractivity contribution in [1.29, 1.82) is 0 Å². The molecule has 0 aliphatic carbocycles. The van der Waals surface area contributed by atoms with Crippen molar-refractivity contribution < 1.29 is 14.7 Å². The molecule has 2 amide bonds. The van der Waals surface area contributed by atoms with Crippen molar-refractivity contribution in [3.63, 3.8) is 0 Å². The number of hydrogen-bond donors (Lipinski definition) is 3. The van der Waals surface area contributed by atoms with E-state index in [2.05, 4.69) is 10.6 Å². The molecule has 0 spiro atoms. The van der Waals surface area contributed by atoms with Gasteiger partial charge in [-0.3, -0.25) is 9.59 Å². The molecule has 0 saturated heterocycles. The molecule has 0 atom stereocenters. The SMILES string of the molecule is CC(C)(O)C(C)(C)NC(=O)CNC(=O)c1ccccc1. The van der Waals surface area contributed by atoms with E-state index in [9.17, 15) is 14.7 Å². The highest BCUT2D eigenvalue weighted by molar-refractivity contribution is 5.96. The summed E-state index contributed by atoms with van der Waals surface area (Å²) in [5, 5.41) is 15.2. The molecule has 0 aliphatic heterocycles. The standard InChI is InChI=1S/C15H22N2O3/c1-14(2,15(3,4)20)17-12(18)10-16-13(19)11-8-6-5-7-9-11/h5-9,20H,10H2,1-4H3,(H,16,19)(H,17,18). The van der Waals surface area contributed by atoms with Crippen LogP contribution in [0.5, 0.6) is 0 Å². The Balaban J connectivity index is 2.51. The van der Waals surface area contributed by atoms with Gasteiger partial charge < -0.3 is 15.7 Å². The van der Waals surface area contributed by atoms with Gasteiger partial charge in [0.1, 0.15) is 0 Å². The van der Waals surface area contributed by atoms with Crippen LogP contribution in [0.15, 0.2) is 30.3 Å². The van der Waals surface area contributed by atoms with Crippen molar-refractivity contribution in [1.82, 2.24) is 10.6 Å². The second-order valence-electron chi connectivity index (χ2n) is 5.78. The first-order valence-corrected chi connectivity index (χ1v) is 6.50. The molecule has 0 fully saturated rings. The molecule has 0 aliphatic rings. The van der Waals surface area contributed by atoms with Crippen molar-refractivity contribution in [3.8, 4) is 0 Å². The normalized spacial score (nSPS) is 11.8. The predicted molar refractivity (Wildman–Crippen MR) is 77.3 cm³/mol. The minimum absolute atomic E-state index is 0.132. The summed E-state index contributed by atoms with van der Waals surface area (Å²) in [6, 6.07) is 8.68. The molecule has 0 aromatic heterocycles. The fourth-order valence-corrected chi connectivity index (χ4v) is 1.40. The third-order valence-electron chi connectivity index (χ3n) is 3.43. The van der Waals surface area contributed by atoms with Crippen LogP contribution in [0.2, 0.25) is 0 Å². The molecule has 0 saturated carbocycles. The summed E-state index contributed by atoms with van der Waals surface area (Å²) in [5.41, 5.74) is -1.35. The third kappa shape index (κ3) is 4.35. The fourth-order valence-electron chi connectivity index (χ4n) is 1.40. The molecule has 5 heteroatoms. The van der Waals surface area contributed by atoms with Crippen LogP contribution in [-0.4, -0.2) is 34.6 Å². The number of benzene rings is 1. The Bertz CT molecular complexity index is 476. The van der Waals surface area contributed by atoms with Crippen molar-refractivity contribution in [2.75, 3.05) is 6.54 Å². The molecule has 1 aromatic rings. The molecule has 1 rings (SSSR count). The zero-order valence-electron chi connectivity index (χ0n) is 12.4. The Hall–Kier alpha value is -1.88. The van der Waals surface area contributed by atoms with Gasteiger partial charge in [0.2, 0.25) is 5.91 Å². The lowest BCUT2D eigenvalue weighted by Gasteiger charge is -2.38. The van der Waals surface area contributed by atoms with E-state index in [-0.39, 0.29) is 18.4 Å². The molecule has 0 bridgehead atoms. The summed E-state index contributed by atoms with van der Waals surface area (Å²) < 4.78 is 0. The van der Waals surface area contributed by atoms with E-state index in [1.165, 1.54) is 0 Å². The summed E-state index contributed by atoms with van der Waals surface area (Å²) in [4.78, 5) is 23.6. The molecular weight excluding hydrogens is 256 g/mol. The smallest absolute Gasteiger partial charge is 0.251 e. The quantitative estimate of drug-likeness (QED) is 0.754. The van der Waals surface area contributed by atoms with Gasteiger partial charge in [0, 0.05) is 5.56 Å². The highest BCUT2D eigenvalue weighted by Gasteiger charge is 2.36. The first-order valence-electron chi connectivity index (χ1n) is 6.50. The summed E-state index contributed by atoms with van der Waals surface area (Å²) in [7, 11) is 0. The third-order valence-corrected chi connectivity index (χ3v) is 3.43. The van der Waals surface area contributed by atoms with Crippen LogP contribution in [0.3, 0.4) is 0 Å². The molecule has 0 unspecified atom stereocenters. The second-order valence-corrected chi connectivity index (χ2v) is 5.78. The van der Waals surface area contributed by atoms with E-state index in [1.54, 1.807) is 52.0 Å². The number of hydrogen-bond acceptors (Lipinski definition) is 3. The molecule has 5 nitrogen and oxygen atoms in total. The predicted octanol–water partition coefficient (Wildman–Crippen LogP) is 1.08. The van der Waals surface area contributed by atoms with Crippen LogP contribution in [-0.2, 0) is 4.79 Å². The van der Waals surface area contributed by atoms with Crippen LogP contribution in [0.25, 0.3) is 0 Å². The number of aliphatic hydroxyl groups is 1. The molecule has 110 valence electrons. The van der Waals surface area contributed by atoms with Crippen LogP contribution in [0.4, 0.5) is 0 Å². The summed E-state index contributed by atoms with van der Waals surface area (Å²) in [6.07, 6.45) is 0. The second kappa shape index (κ2) is 6.05. The Morgan fingerprint density at radius 3 is 2.15 bits per heavy atom. The van der Waals surface area contributed by atoms with Crippen molar-refractivity contribution in [2.24, 2.45) is 0 Å². The van der Waals surface area contributed by atoms with Crippen molar-refractivity contribution >= 4 is 11.8 Å². The number of rotatable bonds is 5. The lowest BCUT2D eigenvalue weighted by molar-refractivity contribution is -0.125. The number of carbonyl (C=O) groups is 2. The number of carbonyl (C=O) groups excluding carboxylic acids is 2. The first kappa shape index (κ1) is 16.2. The summed E-state index contributed by atoms with van der Waals surface area (Å²) in [6.45, 7) is 6.56. The minimum Gasteiger partial charge on any atom is -0.388 e. The average molecular weight is 278 g/mol. The molecule has 0 heterocycles. The Morgan fingerprint density at radius 1 is 1.10 bits per heavy atom. The van der Waals surface area contributed by atoms with E-state index in [1.807, 2.05) is 6.07 Å². The van der Waals surface area contributed by atoms with Gasteiger partial charge in [0.05, 0.1) is 17.7 Å². The van der Waals surface area contributed by atoms with E-state index >= 15 is 0 Å². The van der Waals surface area contributed by atoms with Crippen LogP contribution < -0.4 is 10.6 Å². The molecule has 1 aromatic carbocycles. The zero-order valence-corrected chi connectivity index (χ0v) is 12.4. The fraction of sp³-hybridized carbons (Fsp3) is 0.467. The van der Waals surface area contributed by atoms with E-state index < -0.39 is 11.1 Å². The maximum Gasteiger partial charge on any atom is 0.251 e. The van der Waals surface area contributed by atoms with Gasteiger partial charge in [0.15, 0.2) is 0 Å².